The fraction of sp³-hybridized carbons (Fsp3) is 0.565. The molecule has 154 valence electrons. The van der Waals surface area contributed by atoms with Crippen LogP contribution in [0.1, 0.15) is 44.7 Å². The first-order valence-corrected chi connectivity index (χ1v) is 10.8. The standard InChI is InChI=1S/C23H30N4O2/c1-16-11-18(12-19(28)6-7-22(29)26-9-4-10-26)15-27(14-16)21-13-25-17(2)23-20(21)5-3-8-24-23/h3,5,8,13,16,18H,4,6-7,9-12,14-15H2,1-2H3/t16-,18-/m0/s1. The Labute approximate surface area is 172 Å². The highest BCUT2D eigenvalue weighted by Gasteiger charge is 2.28. The van der Waals surface area contributed by atoms with E-state index < -0.39 is 0 Å². The summed E-state index contributed by atoms with van der Waals surface area (Å²) in [5.74, 6) is 1.18. The van der Waals surface area contributed by atoms with Crippen molar-refractivity contribution < 1.29 is 9.59 Å². The SMILES string of the molecule is Cc1ncc(N2C[C@@H](C)C[C@@H](CC(=O)CCC(=O)N3CCC3)C2)c2cccnc12. The van der Waals surface area contributed by atoms with Crippen LogP contribution >= 0.6 is 0 Å². The van der Waals surface area contributed by atoms with Crippen molar-refractivity contribution in [3.63, 3.8) is 0 Å². The zero-order chi connectivity index (χ0) is 20.4. The van der Waals surface area contributed by atoms with E-state index in [9.17, 15) is 9.59 Å². The van der Waals surface area contributed by atoms with Crippen molar-refractivity contribution in [2.75, 3.05) is 31.1 Å². The molecule has 2 aliphatic rings. The molecule has 2 saturated heterocycles. The van der Waals surface area contributed by atoms with Crippen LogP contribution in [0.2, 0.25) is 0 Å². The van der Waals surface area contributed by atoms with Crippen LogP contribution in [0.25, 0.3) is 10.9 Å². The van der Waals surface area contributed by atoms with E-state index in [1.807, 2.05) is 30.3 Å². The van der Waals surface area contributed by atoms with E-state index in [-0.39, 0.29) is 11.7 Å². The Morgan fingerprint density at radius 3 is 2.76 bits per heavy atom. The number of aryl methyl sites for hydroxylation is 1. The molecule has 0 bridgehead atoms. The van der Waals surface area contributed by atoms with Gasteiger partial charge in [0, 0.05) is 57.0 Å². The summed E-state index contributed by atoms with van der Waals surface area (Å²) in [6.45, 7) is 7.77. The van der Waals surface area contributed by atoms with Crippen molar-refractivity contribution in [2.45, 2.75) is 46.0 Å². The predicted octanol–water partition coefficient (Wildman–Crippen LogP) is 3.37. The molecule has 4 rings (SSSR count). The Balaban J connectivity index is 1.41. The van der Waals surface area contributed by atoms with E-state index >= 15 is 0 Å². The Morgan fingerprint density at radius 2 is 2.00 bits per heavy atom. The van der Waals surface area contributed by atoms with Gasteiger partial charge in [0.1, 0.15) is 5.78 Å². The normalized spacial score (nSPS) is 21.9. The van der Waals surface area contributed by atoms with Crippen molar-refractivity contribution in [3.8, 4) is 0 Å². The fourth-order valence-corrected chi connectivity index (χ4v) is 4.66. The minimum Gasteiger partial charge on any atom is -0.369 e. The number of Topliss-reactive ketones (excluding diaryl/α,β-unsaturated/α-hetero) is 1. The third-order valence-corrected chi connectivity index (χ3v) is 6.24. The number of aromatic nitrogens is 2. The summed E-state index contributed by atoms with van der Waals surface area (Å²) in [4.78, 5) is 37.8. The van der Waals surface area contributed by atoms with Crippen LogP contribution in [-0.2, 0) is 9.59 Å². The molecule has 0 radical (unpaired) electrons. The van der Waals surface area contributed by atoms with Crippen LogP contribution in [0.3, 0.4) is 0 Å². The number of fused-ring (bicyclic) bond motifs is 1. The highest BCUT2D eigenvalue weighted by Crippen LogP contribution is 2.33. The van der Waals surface area contributed by atoms with Crippen molar-refractivity contribution >= 4 is 28.3 Å². The van der Waals surface area contributed by atoms with E-state index in [2.05, 4.69) is 27.9 Å². The van der Waals surface area contributed by atoms with Gasteiger partial charge < -0.3 is 9.80 Å². The summed E-state index contributed by atoms with van der Waals surface area (Å²) in [7, 11) is 0. The molecule has 29 heavy (non-hydrogen) atoms. The van der Waals surface area contributed by atoms with E-state index in [1.165, 1.54) is 0 Å². The minimum absolute atomic E-state index is 0.132. The van der Waals surface area contributed by atoms with Gasteiger partial charge in [0.25, 0.3) is 0 Å². The molecule has 6 heteroatoms. The van der Waals surface area contributed by atoms with Crippen LogP contribution < -0.4 is 4.90 Å². The van der Waals surface area contributed by atoms with E-state index in [1.54, 1.807) is 0 Å². The maximum absolute atomic E-state index is 12.5. The van der Waals surface area contributed by atoms with Crippen molar-refractivity contribution in [3.05, 3.63) is 30.2 Å². The smallest absolute Gasteiger partial charge is 0.223 e. The summed E-state index contributed by atoms with van der Waals surface area (Å²) in [6, 6.07) is 4.07. The largest absolute Gasteiger partial charge is 0.369 e. The van der Waals surface area contributed by atoms with E-state index in [4.69, 9.17) is 0 Å². The molecule has 0 aliphatic carbocycles. The molecule has 2 aromatic heterocycles. The maximum Gasteiger partial charge on any atom is 0.223 e. The highest BCUT2D eigenvalue weighted by molar-refractivity contribution is 5.92. The number of carbonyl (C=O) groups is 2. The summed E-state index contributed by atoms with van der Waals surface area (Å²) in [5.41, 5.74) is 2.99. The number of rotatable bonds is 6. The molecular formula is C23H30N4O2. The van der Waals surface area contributed by atoms with Gasteiger partial charge in [0.2, 0.25) is 5.91 Å². The van der Waals surface area contributed by atoms with Gasteiger partial charge in [-0.3, -0.25) is 19.6 Å². The first-order valence-electron chi connectivity index (χ1n) is 10.8. The Hall–Kier alpha value is -2.50. The van der Waals surface area contributed by atoms with Gasteiger partial charge in [0.15, 0.2) is 0 Å². The van der Waals surface area contributed by atoms with Crippen molar-refractivity contribution in [2.24, 2.45) is 11.8 Å². The molecule has 1 amide bonds. The van der Waals surface area contributed by atoms with Gasteiger partial charge in [-0.05, 0) is 43.7 Å². The number of hydrogen-bond acceptors (Lipinski definition) is 5. The maximum atomic E-state index is 12.5. The molecule has 0 N–H and O–H groups in total. The zero-order valence-electron chi connectivity index (χ0n) is 17.4. The van der Waals surface area contributed by atoms with E-state index in [0.717, 1.165) is 61.3 Å². The number of carbonyl (C=O) groups excluding carboxylic acids is 2. The highest BCUT2D eigenvalue weighted by atomic mass is 16.2. The monoisotopic (exact) mass is 394 g/mol. The minimum atomic E-state index is 0.132. The van der Waals surface area contributed by atoms with Gasteiger partial charge in [-0.25, -0.2) is 0 Å². The first kappa shape index (κ1) is 19.8. The fourth-order valence-electron chi connectivity index (χ4n) is 4.66. The second kappa shape index (κ2) is 8.47. The Morgan fingerprint density at radius 1 is 1.17 bits per heavy atom. The third-order valence-electron chi connectivity index (χ3n) is 6.24. The van der Waals surface area contributed by atoms with Gasteiger partial charge in [-0.1, -0.05) is 6.92 Å². The number of ketones is 1. The molecule has 2 aromatic rings. The predicted molar refractivity (Wildman–Crippen MR) is 114 cm³/mol. The summed E-state index contributed by atoms with van der Waals surface area (Å²) in [6.07, 6.45) is 7.20. The molecule has 0 saturated carbocycles. The Bertz CT molecular complexity index is 909. The lowest BCUT2D eigenvalue weighted by Crippen LogP contribution is -2.42. The molecular weight excluding hydrogens is 364 g/mol. The number of hydrogen-bond donors (Lipinski definition) is 0. The molecule has 0 unspecified atom stereocenters. The van der Waals surface area contributed by atoms with Crippen LogP contribution in [0, 0.1) is 18.8 Å². The Kier molecular flexibility index (Phi) is 5.79. The van der Waals surface area contributed by atoms with Gasteiger partial charge >= 0.3 is 0 Å². The lowest BCUT2D eigenvalue weighted by atomic mass is 9.86. The van der Waals surface area contributed by atoms with E-state index in [0.29, 0.717) is 31.1 Å². The van der Waals surface area contributed by atoms with Gasteiger partial charge in [-0.15, -0.1) is 0 Å². The van der Waals surface area contributed by atoms with Crippen molar-refractivity contribution in [1.82, 2.24) is 14.9 Å². The van der Waals surface area contributed by atoms with Gasteiger partial charge in [-0.2, -0.15) is 0 Å². The molecule has 2 atom stereocenters. The third kappa shape index (κ3) is 4.41. The second-order valence-electron chi connectivity index (χ2n) is 8.72. The zero-order valence-corrected chi connectivity index (χ0v) is 17.4. The molecule has 6 nitrogen and oxygen atoms in total. The molecule has 4 heterocycles. The summed E-state index contributed by atoms with van der Waals surface area (Å²) < 4.78 is 0. The first-order chi connectivity index (χ1) is 14.0. The molecule has 2 fully saturated rings. The van der Waals surface area contributed by atoms with Gasteiger partial charge in [0.05, 0.1) is 23.1 Å². The number of amides is 1. The van der Waals surface area contributed by atoms with Crippen molar-refractivity contribution in [1.29, 1.82) is 0 Å². The number of anilines is 1. The van der Waals surface area contributed by atoms with Crippen LogP contribution in [0.4, 0.5) is 5.69 Å². The number of pyridine rings is 2. The molecule has 2 aliphatic heterocycles. The molecule has 0 spiro atoms. The number of piperidine rings is 1. The van der Waals surface area contributed by atoms with Crippen LogP contribution in [-0.4, -0.2) is 52.7 Å². The van der Waals surface area contributed by atoms with Crippen LogP contribution in [0.15, 0.2) is 24.5 Å². The topological polar surface area (TPSA) is 66.4 Å². The number of nitrogens with zero attached hydrogens (tertiary/aromatic N) is 4. The molecule has 0 aromatic carbocycles. The summed E-state index contributed by atoms with van der Waals surface area (Å²) in [5, 5.41) is 1.12. The lowest BCUT2D eigenvalue weighted by molar-refractivity contribution is -0.136. The average Bonchev–Trinajstić information content (AvgIpc) is 2.65. The summed E-state index contributed by atoms with van der Waals surface area (Å²) >= 11 is 0. The quantitative estimate of drug-likeness (QED) is 0.751. The number of likely N-dealkylation sites (tertiary alicyclic amines) is 1. The lowest BCUT2D eigenvalue weighted by Gasteiger charge is -2.38. The average molecular weight is 395 g/mol. The van der Waals surface area contributed by atoms with Crippen LogP contribution in [0.5, 0.6) is 0 Å². The second-order valence-corrected chi connectivity index (χ2v) is 8.72.